The van der Waals surface area contributed by atoms with Crippen LogP contribution in [0.1, 0.15) is 12.5 Å². The fraction of sp³-hybridized carbons (Fsp3) is 0.333. The summed E-state index contributed by atoms with van der Waals surface area (Å²) < 4.78 is 5.59. The molecular formula is C12H14N2O2S. The topological polar surface area (TPSA) is 32.8 Å². The van der Waals surface area contributed by atoms with Crippen molar-refractivity contribution in [3.63, 3.8) is 0 Å². The fourth-order valence-corrected chi connectivity index (χ4v) is 2.24. The number of benzene rings is 1. The molecule has 1 amide bonds. The summed E-state index contributed by atoms with van der Waals surface area (Å²) in [5.41, 5.74) is -0.223. The minimum atomic E-state index is -1.03. The van der Waals surface area contributed by atoms with Crippen molar-refractivity contribution < 1.29 is 9.53 Å². The minimum absolute atomic E-state index is 0.168. The van der Waals surface area contributed by atoms with Gasteiger partial charge in [0.05, 0.1) is 0 Å². The van der Waals surface area contributed by atoms with Gasteiger partial charge in [0.2, 0.25) is 5.60 Å². The van der Waals surface area contributed by atoms with Crippen LogP contribution in [-0.4, -0.2) is 35.2 Å². The molecule has 0 N–H and O–H groups in total. The smallest absolute Gasteiger partial charge is 0.293 e. The fourth-order valence-electron chi connectivity index (χ4n) is 1.83. The van der Waals surface area contributed by atoms with Crippen LogP contribution in [0, 0.1) is 0 Å². The number of nitrogens with zero attached hydrogens (tertiary/aromatic N) is 2. The zero-order valence-electron chi connectivity index (χ0n) is 10.0. The van der Waals surface area contributed by atoms with Crippen LogP contribution in [0.4, 0.5) is 0 Å². The molecule has 0 spiro atoms. The zero-order valence-corrected chi connectivity index (χ0v) is 10.8. The summed E-state index contributed by atoms with van der Waals surface area (Å²) in [5, 5.41) is 3.17. The van der Waals surface area contributed by atoms with Crippen LogP contribution in [0.15, 0.2) is 30.3 Å². The van der Waals surface area contributed by atoms with Crippen molar-refractivity contribution >= 4 is 23.3 Å². The molecule has 2 rings (SSSR count). The molecule has 1 aliphatic rings. The van der Waals surface area contributed by atoms with E-state index >= 15 is 0 Å². The molecule has 0 radical (unpaired) electrons. The molecular weight excluding hydrogens is 236 g/mol. The van der Waals surface area contributed by atoms with Crippen LogP contribution in [-0.2, 0) is 15.1 Å². The lowest BCUT2D eigenvalue weighted by molar-refractivity contribution is -0.143. The van der Waals surface area contributed by atoms with Gasteiger partial charge >= 0.3 is 0 Å². The van der Waals surface area contributed by atoms with Gasteiger partial charge in [0.15, 0.2) is 0 Å². The first-order valence-corrected chi connectivity index (χ1v) is 5.68. The largest absolute Gasteiger partial charge is 0.448 e. The van der Waals surface area contributed by atoms with Crippen LogP contribution in [0.2, 0.25) is 0 Å². The summed E-state index contributed by atoms with van der Waals surface area (Å²) in [7, 11) is 3.51. The third kappa shape index (κ3) is 1.81. The monoisotopic (exact) mass is 250 g/mol. The lowest BCUT2D eigenvalue weighted by Crippen LogP contribution is -2.44. The number of carbonyl (C=O) groups is 1. The summed E-state index contributed by atoms with van der Waals surface area (Å²) in [6.07, 6.45) is 0. The van der Waals surface area contributed by atoms with Crippen LogP contribution >= 0.6 is 12.2 Å². The van der Waals surface area contributed by atoms with Gasteiger partial charge in [0.1, 0.15) is 0 Å². The molecule has 1 aromatic rings. The lowest BCUT2D eigenvalue weighted by Gasteiger charge is -2.23. The first-order chi connectivity index (χ1) is 7.97. The molecule has 1 fully saturated rings. The Hall–Kier alpha value is -1.46. The second kappa shape index (κ2) is 4.09. The molecule has 5 heteroatoms. The maximum absolute atomic E-state index is 12.4. The Morgan fingerprint density at radius 1 is 1.29 bits per heavy atom. The third-order valence-corrected chi connectivity index (χ3v) is 3.05. The second-order valence-corrected chi connectivity index (χ2v) is 4.58. The first-order valence-electron chi connectivity index (χ1n) is 5.27. The number of hydrogen-bond acceptors (Lipinski definition) is 4. The molecule has 1 unspecified atom stereocenters. The summed E-state index contributed by atoms with van der Waals surface area (Å²) in [4.78, 5) is 12.4. The van der Waals surface area contributed by atoms with Crippen molar-refractivity contribution in [3.8, 4) is 0 Å². The van der Waals surface area contributed by atoms with Crippen LogP contribution in [0.5, 0.6) is 0 Å². The highest BCUT2D eigenvalue weighted by Gasteiger charge is 2.50. The van der Waals surface area contributed by atoms with E-state index in [4.69, 9.17) is 17.0 Å². The van der Waals surface area contributed by atoms with Crippen molar-refractivity contribution in [2.24, 2.45) is 0 Å². The Balaban J connectivity index is 2.42. The number of thiocarbonyl (C=S) groups is 1. The maximum Gasteiger partial charge on any atom is 0.293 e. The van der Waals surface area contributed by atoms with Gasteiger partial charge in [0.25, 0.3) is 11.1 Å². The number of hydrogen-bond donors (Lipinski definition) is 0. The number of carbonyl (C=O) groups excluding carboxylic acids is 1. The number of amides is 1. The lowest BCUT2D eigenvalue weighted by atomic mass is 9.95. The quantitative estimate of drug-likeness (QED) is 0.745. The number of hydrazine groups is 1. The highest BCUT2D eigenvalue weighted by atomic mass is 32.1. The summed E-state index contributed by atoms with van der Waals surface area (Å²) in [6.45, 7) is 1.74. The Labute approximate surface area is 106 Å². The molecule has 90 valence electrons. The van der Waals surface area contributed by atoms with E-state index in [9.17, 15) is 4.79 Å². The molecule has 1 atom stereocenters. The molecule has 17 heavy (non-hydrogen) atoms. The molecule has 1 aromatic carbocycles. The summed E-state index contributed by atoms with van der Waals surface area (Å²) in [6, 6.07) is 9.37. The van der Waals surface area contributed by atoms with E-state index in [2.05, 4.69) is 0 Å². The van der Waals surface area contributed by atoms with Crippen molar-refractivity contribution in [1.29, 1.82) is 0 Å². The Bertz CT molecular complexity index is 461. The maximum atomic E-state index is 12.4. The minimum Gasteiger partial charge on any atom is -0.448 e. The first kappa shape index (κ1) is 12.0. The average Bonchev–Trinajstić information content (AvgIpc) is 2.52. The average molecular weight is 250 g/mol. The van der Waals surface area contributed by atoms with Gasteiger partial charge < -0.3 is 4.74 Å². The Kier molecular flexibility index (Phi) is 2.89. The van der Waals surface area contributed by atoms with Crippen LogP contribution < -0.4 is 0 Å². The van der Waals surface area contributed by atoms with Crippen LogP contribution in [0.25, 0.3) is 0 Å². The Morgan fingerprint density at radius 3 is 2.35 bits per heavy atom. The van der Waals surface area contributed by atoms with Gasteiger partial charge in [0, 0.05) is 19.7 Å². The van der Waals surface area contributed by atoms with Crippen molar-refractivity contribution in [2.45, 2.75) is 12.5 Å². The molecule has 4 nitrogen and oxygen atoms in total. The Morgan fingerprint density at radius 2 is 1.88 bits per heavy atom. The second-order valence-electron chi connectivity index (χ2n) is 4.23. The van der Waals surface area contributed by atoms with E-state index in [-0.39, 0.29) is 11.1 Å². The van der Waals surface area contributed by atoms with Crippen LogP contribution in [0.3, 0.4) is 0 Å². The van der Waals surface area contributed by atoms with E-state index in [0.29, 0.717) is 0 Å². The molecule has 0 aliphatic carbocycles. The van der Waals surface area contributed by atoms with E-state index < -0.39 is 5.60 Å². The summed E-state index contributed by atoms with van der Waals surface area (Å²) in [5.74, 6) is -0.168. The van der Waals surface area contributed by atoms with Gasteiger partial charge in [-0.25, -0.2) is 5.01 Å². The van der Waals surface area contributed by atoms with E-state index in [1.54, 1.807) is 26.0 Å². The van der Waals surface area contributed by atoms with Crippen molar-refractivity contribution in [3.05, 3.63) is 35.9 Å². The number of ether oxygens (including phenoxy) is 1. The van der Waals surface area contributed by atoms with Gasteiger partial charge in [-0.05, 0) is 19.1 Å². The summed E-state index contributed by atoms with van der Waals surface area (Å²) >= 11 is 5.08. The van der Waals surface area contributed by atoms with Gasteiger partial charge in [-0.1, -0.05) is 30.3 Å². The van der Waals surface area contributed by atoms with Gasteiger partial charge in [-0.3, -0.25) is 4.79 Å². The SMILES string of the molecule is CN(C)N1C(=O)C(C)(c2ccccc2)OC1=S. The molecule has 0 saturated carbocycles. The van der Waals surface area contributed by atoms with Crippen molar-refractivity contribution in [1.82, 2.24) is 10.0 Å². The van der Waals surface area contributed by atoms with Gasteiger partial charge in [-0.2, -0.15) is 5.01 Å². The third-order valence-electron chi connectivity index (χ3n) is 2.79. The van der Waals surface area contributed by atoms with Gasteiger partial charge in [-0.15, -0.1) is 0 Å². The van der Waals surface area contributed by atoms with Crippen molar-refractivity contribution in [2.75, 3.05) is 14.1 Å². The van der Waals surface area contributed by atoms with E-state index in [1.165, 1.54) is 5.01 Å². The highest BCUT2D eigenvalue weighted by molar-refractivity contribution is 7.80. The number of rotatable bonds is 2. The van der Waals surface area contributed by atoms with E-state index in [1.807, 2.05) is 30.3 Å². The molecule has 1 saturated heterocycles. The predicted molar refractivity (Wildman–Crippen MR) is 68.0 cm³/mol. The molecule has 1 heterocycles. The normalized spacial score (nSPS) is 24.4. The molecule has 0 aromatic heterocycles. The zero-order chi connectivity index (χ0) is 12.6. The highest BCUT2D eigenvalue weighted by Crippen LogP contribution is 2.34. The van der Waals surface area contributed by atoms with E-state index in [0.717, 1.165) is 5.56 Å². The molecule has 1 aliphatic heterocycles. The standard InChI is InChI=1S/C12H14N2O2S/c1-12(9-7-5-4-6-8-9)10(15)14(13(2)3)11(17)16-12/h4-8H,1-3H3. The predicted octanol–water partition coefficient (Wildman–Crippen LogP) is 1.52. The molecule has 0 bridgehead atoms.